The summed E-state index contributed by atoms with van der Waals surface area (Å²) in [5.74, 6) is 0. The van der Waals surface area contributed by atoms with Crippen molar-refractivity contribution in [1.29, 1.82) is 0 Å². The van der Waals surface area contributed by atoms with Crippen LogP contribution in [0.5, 0.6) is 0 Å². The zero-order valence-corrected chi connectivity index (χ0v) is 7.97. The van der Waals surface area contributed by atoms with Crippen LogP contribution in [-0.2, 0) is 14.8 Å². The molecule has 1 radical (unpaired) electrons. The van der Waals surface area contributed by atoms with Crippen molar-refractivity contribution in [1.82, 2.24) is 4.31 Å². The largest absolute Gasteiger partial charge is 0.301 e. The first-order chi connectivity index (χ1) is 5.40. The van der Waals surface area contributed by atoms with Crippen molar-refractivity contribution in [3.8, 4) is 0 Å². The molecule has 5 heteroatoms. The van der Waals surface area contributed by atoms with Crippen LogP contribution in [0.4, 0.5) is 0 Å². The van der Waals surface area contributed by atoms with Crippen LogP contribution in [0.15, 0.2) is 0 Å². The monoisotopic (exact) mass is 190 g/mol. The molecule has 0 aromatic heterocycles. The third kappa shape index (κ3) is 1.51. The maximum atomic E-state index is 11.2. The zero-order chi connectivity index (χ0) is 9.41. The Balaban J connectivity index is 3.00. The van der Waals surface area contributed by atoms with Crippen molar-refractivity contribution in [2.75, 3.05) is 12.8 Å². The normalized spacial score (nSPS) is 32.2. The van der Waals surface area contributed by atoms with E-state index >= 15 is 0 Å². The fourth-order valence-electron chi connectivity index (χ4n) is 1.41. The number of sulfonamides is 1. The van der Waals surface area contributed by atoms with Gasteiger partial charge in [-0.3, -0.25) is 0 Å². The van der Waals surface area contributed by atoms with Crippen LogP contribution in [0.25, 0.3) is 0 Å². The van der Waals surface area contributed by atoms with Gasteiger partial charge in [0.25, 0.3) is 0 Å². The van der Waals surface area contributed by atoms with Gasteiger partial charge in [-0.15, -0.1) is 0 Å². The van der Waals surface area contributed by atoms with Crippen LogP contribution in [0, 0.1) is 6.42 Å². The molecule has 1 fully saturated rings. The van der Waals surface area contributed by atoms with Gasteiger partial charge in [0.1, 0.15) is 6.29 Å². The molecule has 1 aliphatic rings. The van der Waals surface area contributed by atoms with Crippen molar-refractivity contribution in [2.24, 2.45) is 0 Å². The SMILES string of the molecule is C[C@@]1(C=O)C[CH]CN1S(C)(=O)=O. The van der Waals surface area contributed by atoms with Crippen molar-refractivity contribution < 1.29 is 13.2 Å². The molecule has 1 heterocycles. The molecule has 12 heavy (non-hydrogen) atoms. The summed E-state index contributed by atoms with van der Waals surface area (Å²) in [5, 5.41) is 0. The standard InChI is InChI=1S/C7H12NO3S/c1-7(6-9)4-3-5-8(7)12(2,10)11/h3,6H,4-5H2,1-2H3/t7-/m0/s1. The molecule has 0 bridgehead atoms. The van der Waals surface area contributed by atoms with Gasteiger partial charge in [0, 0.05) is 6.54 Å². The molecule has 1 atom stereocenters. The molecule has 69 valence electrons. The summed E-state index contributed by atoms with van der Waals surface area (Å²) in [6.07, 6.45) is 4.12. The Morgan fingerprint density at radius 2 is 2.17 bits per heavy atom. The molecule has 0 aliphatic carbocycles. The Kier molecular flexibility index (Phi) is 2.27. The maximum Gasteiger partial charge on any atom is 0.212 e. The molecule has 0 saturated carbocycles. The summed E-state index contributed by atoms with van der Waals surface area (Å²) in [6.45, 7) is 1.97. The fourth-order valence-corrected chi connectivity index (χ4v) is 2.66. The number of nitrogens with zero attached hydrogens (tertiary/aromatic N) is 1. The third-order valence-corrected chi connectivity index (χ3v) is 3.44. The molecule has 0 aromatic rings. The van der Waals surface area contributed by atoms with Crippen molar-refractivity contribution in [3.05, 3.63) is 6.42 Å². The minimum Gasteiger partial charge on any atom is -0.301 e. The Morgan fingerprint density at radius 1 is 1.58 bits per heavy atom. The van der Waals surface area contributed by atoms with E-state index < -0.39 is 15.6 Å². The summed E-state index contributed by atoms with van der Waals surface area (Å²) >= 11 is 0. The highest BCUT2D eigenvalue weighted by atomic mass is 32.2. The Bertz CT molecular complexity index is 285. The summed E-state index contributed by atoms with van der Waals surface area (Å²) < 4.78 is 23.5. The summed E-state index contributed by atoms with van der Waals surface area (Å²) in [5.41, 5.74) is -0.854. The lowest BCUT2D eigenvalue weighted by Gasteiger charge is -2.27. The van der Waals surface area contributed by atoms with E-state index in [9.17, 15) is 13.2 Å². The zero-order valence-electron chi connectivity index (χ0n) is 7.15. The lowest BCUT2D eigenvalue weighted by molar-refractivity contribution is -0.114. The van der Waals surface area contributed by atoms with Crippen LogP contribution in [0.2, 0.25) is 0 Å². The second kappa shape index (κ2) is 2.81. The molecule has 0 unspecified atom stereocenters. The third-order valence-electron chi connectivity index (χ3n) is 2.08. The number of carbonyl (C=O) groups excluding carboxylic acids is 1. The van der Waals surface area contributed by atoms with E-state index in [1.165, 1.54) is 4.31 Å². The van der Waals surface area contributed by atoms with Gasteiger partial charge >= 0.3 is 0 Å². The van der Waals surface area contributed by atoms with Gasteiger partial charge in [-0.25, -0.2) is 8.42 Å². The summed E-state index contributed by atoms with van der Waals surface area (Å²) in [6, 6.07) is 0. The van der Waals surface area contributed by atoms with Crippen LogP contribution in [0.1, 0.15) is 13.3 Å². The van der Waals surface area contributed by atoms with Crippen LogP contribution in [-0.4, -0.2) is 37.3 Å². The highest BCUT2D eigenvalue weighted by Gasteiger charge is 2.41. The number of aldehydes is 1. The van der Waals surface area contributed by atoms with Crippen molar-refractivity contribution >= 4 is 16.3 Å². The lowest BCUT2D eigenvalue weighted by atomic mass is 10.0. The average molecular weight is 190 g/mol. The van der Waals surface area contributed by atoms with E-state index in [0.717, 1.165) is 6.26 Å². The Hall–Kier alpha value is -0.420. The molecule has 1 rings (SSSR count). The molecule has 4 nitrogen and oxygen atoms in total. The van der Waals surface area contributed by atoms with E-state index in [1.807, 2.05) is 0 Å². The Labute approximate surface area is 72.6 Å². The highest BCUT2D eigenvalue weighted by Crippen LogP contribution is 2.28. The summed E-state index contributed by atoms with van der Waals surface area (Å²) in [4.78, 5) is 10.7. The minimum atomic E-state index is -3.25. The summed E-state index contributed by atoms with van der Waals surface area (Å²) in [7, 11) is -3.25. The second-order valence-corrected chi connectivity index (χ2v) is 5.17. The van der Waals surface area contributed by atoms with Gasteiger partial charge in [0.05, 0.1) is 11.8 Å². The molecule has 1 saturated heterocycles. The van der Waals surface area contributed by atoms with Crippen LogP contribution < -0.4 is 0 Å². The lowest BCUT2D eigenvalue weighted by Crippen LogP contribution is -2.45. The predicted molar refractivity (Wildman–Crippen MR) is 44.9 cm³/mol. The smallest absolute Gasteiger partial charge is 0.212 e. The van der Waals surface area contributed by atoms with Crippen molar-refractivity contribution in [3.63, 3.8) is 0 Å². The predicted octanol–water partition coefficient (Wildman–Crippen LogP) is -0.186. The molecule has 0 spiro atoms. The van der Waals surface area contributed by atoms with Gasteiger partial charge in [-0.2, -0.15) is 4.31 Å². The molecule has 0 N–H and O–H groups in total. The second-order valence-electron chi connectivity index (χ2n) is 3.26. The number of carbonyl (C=O) groups is 1. The van der Waals surface area contributed by atoms with E-state index in [-0.39, 0.29) is 0 Å². The van der Waals surface area contributed by atoms with Gasteiger partial charge in [-0.1, -0.05) is 0 Å². The van der Waals surface area contributed by atoms with Crippen LogP contribution >= 0.6 is 0 Å². The fraction of sp³-hybridized carbons (Fsp3) is 0.714. The first kappa shape index (κ1) is 9.67. The molecule has 1 aliphatic heterocycles. The molecule has 0 amide bonds. The number of hydrogen-bond acceptors (Lipinski definition) is 3. The maximum absolute atomic E-state index is 11.2. The molecular formula is C7H12NO3S. The minimum absolute atomic E-state index is 0.341. The van der Waals surface area contributed by atoms with Crippen LogP contribution in [0.3, 0.4) is 0 Å². The molecule has 0 aromatic carbocycles. The average Bonchev–Trinajstić information content (AvgIpc) is 2.31. The van der Waals surface area contributed by atoms with Gasteiger partial charge < -0.3 is 4.79 Å². The van der Waals surface area contributed by atoms with Crippen molar-refractivity contribution in [2.45, 2.75) is 18.9 Å². The first-order valence-corrected chi connectivity index (χ1v) is 5.51. The highest BCUT2D eigenvalue weighted by molar-refractivity contribution is 7.88. The van der Waals surface area contributed by atoms with E-state index in [4.69, 9.17) is 0 Å². The van der Waals surface area contributed by atoms with E-state index in [1.54, 1.807) is 13.3 Å². The van der Waals surface area contributed by atoms with E-state index in [2.05, 4.69) is 0 Å². The number of hydrogen-bond donors (Lipinski definition) is 0. The number of rotatable bonds is 2. The van der Waals surface area contributed by atoms with E-state index in [0.29, 0.717) is 19.3 Å². The van der Waals surface area contributed by atoms with Gasteiger partial charge in [-0.05, 0) is 19.8 Å². The Morgan fingerprint density at radius 3 is 2.50 bits per heavy atom. The quantitative estimate of drug-likeness (QED) is 0.567. The molecular weight excluding hydrogens is 178 g/mol. The van der Waals surface area contributed by atoms with Gasteiger partial charge in [0.2, 0.25) is 10.0 Å². The van der Waals surface area contributed by atoms with Gasteiger partial charge in [0.15, 0.2) is 0 Å². The first-order valence-electron chi connectivity index (χ1n) is 3.66. The topological polar surface area (TPSA) is 54.5 Å².